The van der Waals surface area contributed by atoms with Crippen LogP contribution in [0.5, 0.6) is 0 Å². The predicted molar refractivity (Wildman–Crippen MR) is 140 cm³/mol. The topological polar surface area (TPSA) is 129 Å². The van der Waals surface area contributed by atoms with Gasteiger partial charge in [-0.05, 0) is 36.4 Å². The lowest BCUT2D eigenvalue weighted by atomic mass is 10.1. The van der Waals surface area contributed by atoms with E-state index < -0.39 is 0 Å². The van der Waals surface area contributed by atoms with Crippen LogP contribution in [0.3, 0.4) is 0 Å². The number of nitrogens with zero attached hydrogens (tertiary/aromatic N) is 10. The molecule has 0 bridgehead atoms. The maximum Gasteiger partial charge on any atom is 0.345 e. The molecule has 0 aliphatic carbocycles. The van der Waals surface area contributed by atoms with Crippen molar-refractivity contribution in [2.45, 2.75) is 6.54 Å². The molecule has 12 nitrogen and oxygen atoms in total. The quantitative estimate of drug-likeness (QED) is 0.393. The van der Waals surface area contributed by atoms with Crippen LogP contribution in [0.25, 0.3) is 5.78 Å². The van der Waals surface area contributed by atoms with Gasteiger partial charge < -0.3 is 4.90 Å². The normalized spacial score (nSPS) is 16.1. The molecular formula is C25H27N11O. The van der Waals surface area contributed by atoms with E-state index in [1.165, 1.54) is 5.01 Å². The summed E-state index contributed by atoms with van der Waals surface area (Å²) in [7, 11) is 1.73. The van der Waals surface area contributed by atoms with Crippen LogP contribution >= 0.6 is 0 Å². The molecule has 0 amide bonds. The first kappa shape index (κ1) is 23.0. The zero-order chi connectivity index (χ0) is 25.5. The largest absolute Gasteiger partial charge is 0.369 e. The molecule has 3 aromatic heterocycles. The number of benzene rings is 1. The number of aliphatic imine (C=N–C) groups is 1. The van der Waals surface area contributed by atoms with E-state index >= 15 is 0 Å². The fourth-order valence-electron chi connectivity index (χ4n) is 5.01. The van der Waals surface area contributed by atoms with E-state index in [1.54, 1.807) is 27.0 Å². The highest BCUT2D eigenvalue weighted by molar-refractivity contribution is 6.14. The molecule has 5 heterocycles. The van der Waals surface area contributed by atoms with Gasteiger partial charge in [0, 0.05) is 58.2 Å². The molecule has 2 aliphatic heterocycles. The third-order valence-corrected chi connectivity index (χ3v) is 7.03. The first-order chi connectivity index (χ1) is 18.0. The zero-order valence-electron chi connectivity index (χ0n) is 20.5. The Bertz CT molecular complexity index is 1570. The average molecular weight is 498 g/mol. The third kappa shape index (κ3) is 3.94. The van der Waals surface area contributed by atoms with Gasteiger partial charge in [0.25, 0.3) is 0 Å². The van der Waals surface area contributed by atoms with Crippen LogP contribution in [-0.2, 0) is 13.6 Å². The van der Waals surface area contributed by atoms with Crippen molar-refractivity contribution in [3.63, 3.8) is 0 Å². The monoisotopic (exact) mass is 497 g/mol. The van der Waals surface area contributed by atoms with Crippen molar-refractivity contribution in [2.24, 2.45) is 17.9 Å². The maximum absolute atomic E-state index is 13.2. The van der Waals surface area contributed by atoms with Gasteiger partial charge in [0.2, 0.25) is 5.78 Å². The summed E-state index contributed by atoms with van der Waals surface area (Å²) < 4.78 is 5.05. The Morgan fingerprint density at radius 1 is 1.05 bits per heavy atom. The van der Waals surface area contributed by atoms with Crippen molar-refractivity contribution in [1.82, 2.24) is 28.6 Å². The van der Waals surface area contributed by atoms with Gasteiger partial charge in [-0.3, -0.25) is 24.5 Å². The molecule has 0 unspecified atom stereocenters. The summed E-state index contributed by atoms with van der Waals surface area (Å²) >= 11 is 0. The van der Waals surface area contributed by atoms with Crippen LogP contribution in [0.4, 0.5) is 11.5 Å². The van der Waals surface area contributed by atoms with E-state index in [1.807, 2.05) is 42.5 Å². The highest BCUT2D eigenvalue weighted by Gasteiger charge is 2.30. The molecule has 2 aliphatic rings. The van der Waals surface area contributed by atoms with Crippen molar-refractivity contribution in [3.8, 4) is 6.07 Å². The number of nitrogens with two attached hydrogens (primary N) is 1. The Morgan fingerprint density at radius 3 is 2.54 bits per heavy atom. The molecule has 4 aromatic rings. The van der Waals surface area contributed by atoms with Crippen LogP contribution in [0.2, 0.25) is 0 Å². The van der Waals surface area contributed by atoms with Crippen LogP contribution in [0, 0.1) is 11.3 Å². The minimum atomic E-state index is -0.143. The molecule has 188 valence electrons. The maximum atomic E-state index is 13.2. The summed E-state index contributed by atoms with van der Waals surface area (Å²) in [5.41, 5.74) is 3.68. The Hall–Kier alpha value is -4.47. The molecule has 1 aromatic carbocycles. The number of piperazine rings is 1. The lowest BCUT2D eigenvalue weighted by Crippen LogP contribution is -2.47. The van der Waals surface area contributed by atoms with Gasteiger partial charge in [0.1, 0.15) is 18.1 Å². The number of imidazole rings is 1. The lowest BCUT2D eigenvalue weighted by Gasteiger charge is -2.36. The molecule has 0 radical (unpaired) electrons. The number of hydrazine groups is 1. The van der Waals surface area contributed by atoms with E-state index in [9.17, 15) is 4.79 Å². The number of fused-ring (bicyclic) bond motifs is 3. The van der Waals surface area contributed by atoms with E-state index in [-0.39, 0.29) is 12.4 Å². The van der Waals surface area contributed by atoms with Gasteiger partial charge in [-0.25, -0.2) is 19.8 Å². The number of anilines is 2. The summed E-state index contributed by atoms with van der Waals surface area (Å²) in [4.78, 5) is 31.8. The number of hydrogen-bond donors (Lipinski definition) is 1. The molecule has 2 N–H and O–H groups in total. The van der Waals surface area contributed by atoms with Gasteiger partial charge in [-0.2, -0.15) is 10.2 Å². The predicted octanol–water partition coefficient (Wildman–Crippen LogP) is 0.412. The first-order valence-electron chi connectivity index (χ1n) is 12.2. The van der Waals surface area contributed by atoms with E-state index in [0.29, 0.717) is 40.8 Å². The Kier molecular flexibility index (Phi) is 5.71. The summed E-state index contributed by atoms with van der Waals surface area (Å²) in [5, 5.41) is 10.5. The molecule has 0 atom stereocenters. The van der Waals surface area contributed by atoms with Crippen LogP contribution in [-0.4, -0.2) is 73.7 Å². The first-order valence-corrected chi connectivity index (χ1v) is 12.2. The Balaban J connectivity index is 1.22. The summed E-state index contributed by atoms with van der Waals surface area (Å²) in [6.45, 7) is 5.04. The van der Waals surface area contributed by atoms with E-state index in [0.717, 1.165) is 38.4 Å². The number of hydrogen-bond acceptors (Lipinski definition) is 9. The molecular weight excluding hydrogens is 470 g/mol. The number of pyridine rings is 1. The van der Waals surface area contributed by atoms with Gasteiger partial charge in [0.15, 0.2) is 5.82 Å². The fraction of sp³-hybridized carbons (Fsp3) is 0.320. The van der Waals surface area contributed by atoms with E-state index in [4.69, 9.17) is 16.1 Å². The molecule has 0 saturated carbocycles. The lowest BCUT2D eigenvalue weighted by molar-refractivity contribution is 0.248. The van der Waals surface area contributed by atoms with Crippen LogP contribution < -0.4 is 21.4 Å². The SMILES string of the molecule is Cn1c(=O)n(CCN2CCN(c3ccc(C#N)cc3)CC2)c2nc3c(n21)C(c1ccccn1)=NCN3N. The van der Waals surface area contributed by atoms with Crippen LogP contribution in [0.15, 0.2) is 58.4 Å². The molecule has 1 saturated heterocycles. The summed E-state index contributed by atoms with van der Waals surface area (Å²) in [6.07, 6.45) is 1.72. The highest BCUT2D eigenvalue weighted by atomic mass is 16.2. The van der Waals surface area contributed by atoms with Gasteiger partial charge in [-0.15, -0.1) is 0 Å². The highest BCUT2D eigenvalue weighted by Crippen LogP contribution is 2.26. The number of nitriles is 1. The number of aryl methyl sites for hydroxylation is 1. The number of rotatable bonds is 5. The van der Waals surface area contributed by atoms with Crippen molar-refractivity contribution >= 4 is 23.0 Å². The number of aromatic nitrogens is 5. The van der Waals surface area contributed by atoms with Crippen molar-refractivity contribution < 1.29 is 0 Å². The standard InChI is InChI=1S/C25H27N11O/c1-31-25(37)34(15-12-32-10-13-33(14-11-32)19-7-5-18(16-26)6-8-19)24-30-23-22(36(24)31)21(29-17-35(23)27)20-4-2-3-9-28-20/h2-9H,10-15,17,27H2,1H3. The molecule has 1 fully saturated rings. The van der Waals surface area contributed by atoms with E-state index in [2.05, 4.69) is 25.8 Å². The Morgan fingerprint density at radius 2 is 1.84 bits per heavy atom. The van der Waals surface area contributed by atoms with Crippen LogP contribution in [0.1, 0.15) is 17.0 Å². The van der Waals surface area contributed by atoms with Crippen molar-refractivity contribution in [1.29, 1.82) is 5.26 Å². The summed E-state index contributed by atoms with van der Waals surface area (Å²) in [6, 6.07) is 15.5. The van der Waals surface area contributed by atoms with Crippen molar-refractivity contribution in [3.05, 3.63) is 76.1 Å². The third-order valence-electron chi connectivity index (χ3n) is 7.03. The molecule has 12 heteroatoms. The second-order valence-corrected chi connectivity index (χ2v) is 9.17. The minimum Gasteiger partial charge on any atom is -0.369 e. The molecule has 6 rings (SSSR count). The zero-order valence-corrected chi connectivity index (χ0v) is 20.5. The molecule has 0 spiro atoms. The fourth-order valence-corrected chi connectivity index (χ4v) is 5.01. The average Bonchev–Trinajstić information content (AvgIpc) is 3.44. The molecule has 37 heavy (non-hydrogen) atoms. The van der Waals surface area contributed by atoms with Crippen molar-refractivity contribution in [2.75, 3.05) is 49.3 Å². The second kappa shape index (κ2) is 9.20. The smallest absolute Gasteiger partial charge is 0.345 e. The van der Waals surface area contributed by atoms with Gasteiger partial charge >= 0.3 is 5.69 Å². The Labute approximate surface area is 213 Å². The van der Waals surface area contributed by atoms with Gasteiger partial charge in [-0.1, -0.05) is 6.07 Å². The summed E-state index contributed by atoms with van der Waals surface area (Å²) in [5.74, 6) is 7.33. The van der Waals surface area contributed by atoms with Gasteiger partial charge in [0.05, 0.1) is 17.3 Å². The minimum absolute atomic E-state index is 0.143. The second-order valence-electron chi connectivity index (χ2n) is 9.17.